The average Bonchev–Trinajstić information content (AvgIpc) is 2.46. The molecule has 1 aromatic rings. The number of aryl methyl sites for hydroxylation is 1. The van der Waals surface area contributed by atoms with Gasteiger partial charge in [-0.1, -0.05) is 6.92 Å². The zero-order valence-electron chi connectivity index (χ0n) is 8.09. The molecule has 0 aliphatic rings. The second kappa shape index (κ2) is 3.94. The van der Waals surface area contributed by atoms with Gasteiger partial charge >= 0.3 is 0 Å². The van der Waals surface area contributed by atoms with Crippen LogP contribution in [0.15, 0.2) is 4.42 Å². The summed E-state index contributed by atoms with van der Waals surface area (Å²) in [6, 6.07) is 2.27. The summed E-state index contributed by atoms with van der Waals surface area (Å²) in [5.41, 5.74) is 0.331. The largest absolute Gasteiger partial charge is 0.424 e. The van der Waals surface area contributed by atoms with Crippen LogP contribution in [0.3, 0.4) is 0 Å². The van der Waals surface area contributed by atoms with Crippen molar-refractivity contribution >= 4 is 5.88 Å². The van der Waals surface area contributed by atoms with E-state index in [1.165, 1.54) is 0 Å². The third-order valence-corrected chi connectivity index (χ3v) is 1.83. The number of hydrogen-bond donors (Lipinski definition) is 1. The summed E-state index contributed by atoms with van der Waals surface area (Å²) in [7, 11) is 0. The highest BCUT2D eigenvalue weighted by atomic mass is 16.4. The first kappa shape index (κ1) is 9.59. The lowest BCUT2D eigenvalue weighted by Gasteiger charge is -2.08. The lowest BCUT2D eigenvalue weighted by Crippen LogP contribution is -2.13. The van der Waals surface area contributed by atoms with E-state index in [9.17, 15) is 0 Å². The summed E-state index contributed by atoms with van der Waals surface area (Å²) < 4.78 is 5.23. The summed E-state index contributed by atoms with van der Waals surface area (Å²) in [4.78, 5) is 3.93. The quantitative estimate of drug-likeness (QED) is 0.771. The Balaban J connectivity index is 2.82. The van der Waals surface area contributed by atoms with Crippen molar-refractivity contribution in [3.63, 3.8) is 0 Å². The molecule has 0 aromatic carbocycles. The van der Waals surface area contributed by atoms with Gasteiger partial charge in [-0.2, -0.15) is 5.26 Å². The second-order valence-corrected chi connectivity index (χ2v) is 2.98. The maximum absolute atomic E-state index is 8.70. The van der Waals surface area contributed by atoms with Gasteiger partial charge in [0, 0.05) is 13.0 Å². The van der Waals surface area contributed by atoms with E-state index in [1.54, 1.807) is 6.92 Å². The molecule has 1 N–H and O–H groups in total. The van der Waals surface area contributed by atoms with Crippen LogP contribution < -0.4 is 5.32 Å². The van der Waals surface area contributed by atoms with Crippen molar-refractivity contribution in [2.24, 2.45) is 0 Å². The molecule has 0 bridgehead atoms. The van der Waals surface area contributed by atoms with Crippen molar-refractivity contribution in [1.29, 1.82) is 5.26 Å². The first-order chi connectivity index (χ1) is 6.17. The Hall–Kier alpha value is -1.50. The van der Waals surface area contributed by atoms with Crippen molar-refractivity contribution < 1.29 is 4.42 Å². The minimum Gasteiger partial charge on any atom is -0.424 e. The fourth-order valence-corrected chi connectivity index (χ4v) is 0.927. The molecule has 4 heteroatoms. The molecule has 4 nitrogen and oxygen atoms in total. The normalized spacial score (nSPS) is 12.2. The lowest BCUT2D eigenvalue weighted by molar-refractivity contribution is 0.525. The molecule has 1 unspecified atom stereocenters. The standard InChI is InChI=1S/C9H13N3O/c1-4-6(2)11-9-8(5-10)12-7(3)13-9/h6,11H,4H2,1-3H3. The van der Waals surface area contributed by atoms with E-state index in [1.807, 2.05) is 13.0 Å². The van der Waals surface area contributed by atoms with Gasteiger partial charge in [0.25, 0.3) is 0 Å². The molecule has 0 spiro atoms. The van der Waals surface area contributed by atoms with Gasteiger partial charge in [0.2, 0.25) is 11.6 Å². The summed E-state index contributed by atoms with van der Waals surface area (Å²) >= 11 is 0. The van der Waals surface area contributed by atoms with Crippen LogP contribution in [-0.4, -0.2) is 11.0 Å². The number of nitrogens with zero attached hydrogens (tertiary/aromatic N) is 2. The predicted molar refractivity (Wildman–Crippen MR) is 49.3 cm³/mol. The number of nitrogens with one attached hydrogen (secondary N) is 1. The fourth-order valence-electron chi connectivity index (χ4n) is 0.927. The first-order valence-electron chi connectivity index (χ1n) is 4.31. The number of anilines is 1. The van der Waals surface area contributed by atoms with E-state index >= 15 is 0 Å². The minimum absolute atomic E-state index is 0.291. The van der Waals surface area contributed by atoms with Gasteiger partial charge in [0.1, 0.15) is 6.07 Å². The third-order valence-electron chi connectivity index (χ3n) is 1.83. The Morgan fingerprint density at radius 1 is 1.69 bits per heavy atom. The monoisotopic (exact) mass is 179 g/mol. The van der Waals surface area contributed by atoms with Crippen LogP contribution in [0, 0.1) is 18.3 Å². The summed E-state index contributed by atoms with van der Waals surface area (Å²) in [5.74, 6) is 0.997. The zero-order chi connectivity index (χ0) is 9.84. The Morgan fingerprint density at radius 3 is 2.92 bits per heavy atom. The van der Waals surface area contributed by atoms with Crippen LogP contribution in [0.5, 0.6) is 0 Å². The Kier molecular flexibility index (Phi) is 2.91. The van der Waals surface area contributed by atoms with Crippen LogP contribution in [0.4, 0.5) is 5.88 Å². The van der Waals surface area contributed by atoms with Crippen LogP contribution in [0.1, 0.15) is 31.9 Å². The lowest BCUT2D eigenvalue weighted by atomic mass is 10.2. The van der Waals surface area contributed by atoms with Gasteiger partial charge in [0.15, 0.2) is 5.89 Å². The summed E-state index contributed by atoms with van der Waals surface area (Å²) in [6.45, 7) is 5.81. The predicted octanol–water partition coefficient (Wildman–Crippen LogP) is 2.07. The van der Waals surface area contributed by atoms with Gasteiger partial charge in [-0.15, -0.1) is 0 Å². The second-order valence-electron chi connectivity index (χ2n) is 2.98. The van der Waals surface area contributed by atoms with E-state index in [0.29, 0.717) is 23.5 Å². The molecule has 0 saturated carbocycles. The summed E-state index contributed by atoms with van der Waals surface area (Å²) in [5, 5.41) is 11.8. The molecular formula is C9H13N3O. The first-order valence-corrected chi connectivity index (χ1v) is 4.31. The van der Waals surface area contributed by atoms with E-state index in [4.69, 9.17) is 9.68 Å². The van der Waals surface area contributed by atoms with E-state index < -0.39 is 0 Å². The Labute approximate surface area is 77.6 Å². The molecule has 70 valence electrons. The molecule has 0 radical (unpaired) electrons. The van der Waals surface area contributed by atoms with E-state index in [2.05, 4.69) is 17.2 Å². The van der Waals surface area contributed by atoms with Crippen LogP contribution in [0.2, 0.25) is 0 Å². The van der Waals surface area contributed by atoms with Crippen molar-refractivity contribution in [2.45, 2.75) is 33.2 Å². The van der Waals surface area contributed by atoms with Crippen molar-refractivity contribution in [3.05, 3.63) is 11.6 Å². The number of hydrogen-bond acceptors (Lipinski definition) is 4. The molecule has 1 aromatic heterocycles. The number of nitriles is 1. The van der Waals surface area contributed by atoms with Crippen LogP contribution >= 0.6 is 0 Å². The summed E-state index contributed by atoms with van der Waals surface area (Å²) in [6.07, 6.45) is 0.977. The SMILES string of the molecule is CCC(C)Nc1oc(C)nc1C#N. The maximum Gasteiger partial charge on any atom is 0.232 e. The molecular weight excluding hydrogens is 166 g/mol. The van der Waals surface area contributed by atoms with Gasteiger partial charge < -0.3 is 9.73 Å². The van der Waals surface area contributed by atoms with Gasteiger partial charge in [0.05, 0.1) is 0 Å². The van der Waals surface area contributed by atoms with Crippen LogP contribution in [-0.2, 0) is 0 Å². The van der Waals surface area contributed by atoms with E-state index in [-0.39, 0.29) is 0 Å². The van der Waals surface area contributed by atoms with Gasteiger partial charge in [-0.3, -0.25) is 0 Å². The molecule has 0 amide bonds. The molecule has 0 saturated heterocycles. The molecule has 1 rings (SSSR count). The van der Waals surface area contributed by atoms with Crippen LogP contribution in [0.25, 0.3) is 0 Å². The molecule has 0 aliphatic carbocycles. The molecule has 1 atom stereocenters. The molecule has 0 fully saturated rings. The minimum atomic E-state index is 0.291. The highest BCUT2D eigenvalue weighted by molar-refractivity contribution is 5.45. The van der Waals surface area contributed by atoms with Crippen molar-refractivity contribution in [3.8, 4) is 6.07 Å². The fraction of sp³-hybridized carbons (Fsp3) is 0.556. The molecule has 0 aliphatic heterocycles. The topological polar surface area (TPSA) is 61.9 Å². The van der Waals surface area contributed by atoms with Crippen molar-refractivity contribution in [2.75, 3.05) is 5.32 Å². The van der Waals surface area contributed by atoms with Gasteiger partial charge in [-0.05, 0) is 13.3 Å². The maximum atomic E-state index is 8.70. The zero-order valence-corrected chi connectivity index (χ0v) is 8.09. The number of aromatic nitrogens is 1. The molecule has 1 heterocycles. The van der Waals surface area contributed by atoms with Crippen molar-refractivity contribution in [1.82, 2.24) is 4.98 Å². The van der Waals surface area contributed by atoms with Gasteiger partial charge in [-0.25, -0.2) is 4.98 Å². The highest BCUT2D eigenvalue weighted by Crippen LogP contribution is 2.17. The highest BCUT2D eigenvalue weighted by Gasteiger charge is 2.11. The Morgan fingerprint density at radius 2 is 2.38 bits per heavy atom. The Bertz CT molecular complexity index is 324. The number of rotatable bonds is 3. The third kappa shape index (κ3) is 2.22. The smallest absolute Gasteiger partial charge is 0.232 e. The average molecular weight is 179 g/mol. The molecule has 13 heavy (non-hydrogen) atoms. The van der Waals surface area contributed by atoms with E-state index in [0.717, 1.165) is 6.42 Å². The number of oxazole rings is 1.